The Morgan fingerprint density at radius 1 is 1.39 bits per heavy atom. The lowest BCUT2D eigenvalue weighted by molar-refractivity contribution is 0.177. The van der Waals surface area contributed by atoms with Crippen LogP contribution in [0.4, 0.5) is 10.5 Å². The van der Waals surface area contributed by atoms with Crippen LogP contribution < -0.4 is 15.2 Å². The average Bonchev–Trinajstić information content (AvgIpc) is 2.27. The summed E-state index contributed by atoms with van der Waals surface area (Å²) in [5.74, 6) is 0. The molecule has 0 saturated heterocycles. The highest BCUT2D eigenvalue weighted by Crippen LogP contribution is 2.19. The maximum Gasteiger partial charge on any atom is 0.421 e. The van der Waals surface area contributed by atoms with Gasteiger partial charge in [-0.2, -0.15) is 13.1 Å². The van der Waals surface area contributed by atoms with Gasteiger partial charge in [0.1, 0.15) is 0 Å². The van der Waals surface area contributed by atoms with E-state index in [-0.39, 0.29) is 0 Å². The van der Waals surface area contributed by atoms with Crippen molar-refractivity contribution in [2.24, 2.45) is 0 Å². The maximum absolute atomic E-state index is 11.5. The molecule has 1 rings (SSSR count). The second-order valence-corrected chi connectivity index (χ2v) is 5.01. The fraction of sp³-hybridized carbons (Fsp3) is 0.300. The minimum Gasteiger partial charge on any atom is -0.452 e. The Morgan fingerprint density at radius 3 is 2.56 bits per heavy atom. The van der Waals surface area contributed by atoms with E-state index in [1.807, 2.05) is 0 Å². The Bertz CT molecular complexity index is 530. The predicted octanol–water partition coefficient (Wildman–Crippen LogP) is 0.520. The highest BCUT2D eigenvalue weighted by molar-refractivity contribution is 7.88. The van der Waals surface area contributed by atoms with E-state index in [0.29, 0.717) is 11.3 Å². The SMILES string of the molecule is COC(=O)NS(=O)(=O)NC(C)c1ccccc1N. The number of benzene rings is 1. The summed E-state index contributed by atoms with van der Waals surface area (Å²) in [5, 5.41) is 0. The van der Waals surface area contributed by atoms with Gasteiger partial charge < -0.3 is 10.5 Å². The Balaban J connectivity index is 2.79. The van der Waals surface area contributed by atoms with Crippen molar-refractivity contribution < 1.29 is 17.9 Å². The predicted molar refractivity (Wildman–Crippen MR) is 66.9 cm³/mol. The number of nitrogens with one attached hydrogen (secondary N) is 2. The van der Waals surface area contributed by atoms with Crippen molar-refractivity contribution in [2.45, 2.75) is 13.0 Å². The molecule has 0 radical (unpaired) electrons. The Hall–Kier alpha value is -1.80. The van der Waals surface area contributed by atoms with E-state index in [1.54, 1.807) is 35.9 Å². The summed E-state index contributed by atoms with van der Waals surface area (Å²) in [6, 6.07) is 6.26. The quantitative estimate of drug-likeness (QED) is 0.693. The molecule has 18 heavy (non-hydrogen) atoms. The Kier molecular flexibility index (Phi) is 4.51. The first-order valence-electron chi connectivity index (χ1n) is 5.08. The third-order valence-electron chi connectivity index (χ3n) is 2.20. The van der Waals surface area contributed by atoms with Crippen LogP contribution in [0.5, 0.6) is 0 Å². The lowest BCUT2D eigenvalue weighted by Crippen LogP contribution is -2.41. The van der Waals surface area contributed by atoms with Crippen molar-refractivity contribution in [3.05, 3.63) is 29.8 Å². The summed E-state index contributed by atoms with van der Waals surface area (Å²) >= 11 is 0. The molecule has 0 spiro atoms. The zero-order chi connectivity index (χ0) is 13.8. The number of carbonyl (C=O) groups is 1. The van der Waals surface area contributed by atoms with Crippen molar-refractivity contribution in [2.75, 3.05) is 12.8 Å². The van der Waals surface area contributed by atoms with E-state index >= 15 is 0 Å². The second kappa shape index (κ2) is 5.69. The number of ether oxygens (including phenoxy) is 1. The fourth-order valence-corrected chi connectivity index (χ4v) is 2.34. The van der Waals surface area contributed by atoms with Gasteiger partial charge >= 0.3 is 16.3 Å². The molecule has 1 atom stereocenters. The van der Waals surface area contributed by atoms with Gasteiger partial charge in [0.2, 0.25) is 0 Å². The number of hydrogen-bond acceptors (Lipinski definition) is 5. The summed E-state index contributed by atoms with van der Waals surface area (Å²) in [4.78, 5) is 10.8. The summed E-state index contributed by atoms with van der Waals surface area (Å²) in [7, 11) is -2.91. The molecule has 1 amide bonds. The maximum atomic E-state index is 11.5. The molecule has 1 aromatic carbocycles. The van der Waals surface area contributed by atoms with Gasteiger partial charge in [0.15, 0.2) is 0 Å². The van der Waals surface area contributed by atoms with E-state index in [0.717, 1.165) is 7.11 Å². The number of para-hydroxylation sites is 1. The molecule has 100 valence electrons. The molecule has 1 aromatic rings. The first-order valence-corrected chi connectivity index (χ1v) is 6.56. The molecule has 0 saturated carbocycles. The number of methoxy groups -OCH3 is 1. The van der Waals surface area contributed by atoms with Crippen LogP contribution in [0, 0.1) is 0 Å². The number of anilines is 1. The topological polar surface area (TPSA) is 111 Å². The highest BCUT2D eigenvalue weighted by atomic mass is 32.2. The van der Waals surface area contributed by atoms with Crippen LogP contribution in [0.3, 0.4) is 0 Å². The number of hydrogen-bond donors (Lipinski definition) is 3. The van der Waals surface area contributed by atoms with Gasteiger partial charge in [0.25, 0.3) is 0 Å². The van der Waals surface area contributed by atoms with Crippen molar-refractivity contribution in [3.8, 4) is 0 Å². The monoisotopic (exact) mass is 273 g/mol. The molecule has 0 heterocycles. The van der Waals surface area contributed by atoms with Gasteiger partial charge in [0.05, 0.1) is 7.11 Å². The molecular formula is C10H15N3O4S. The number of nitrogens with two attached hydrogens (primary N) is 1. The Labute approximate surface area is 106 Å². The first kappa shape index (κ1) is 14.3. The molecular weight excluding hydrogens is 258 g/mol. The van der Waals surface area contributed by atoms with E-state index < -0.39 is 22.3 Å². The lowest BCUT2D eigenvalue weighted by Gasteiger charge is -2.16. The standard InChI is InChI=1S/C10H15N3O4S/c1-7(8-5-3-4-6-9(8)11)12-18(15,16)13-10(14)17-2/h3-7,12H,11H2,1-2H3,(H,13,14). The van der Waals surface area contributed by atoms with Crippen molar-refractivity contribution in [1.82, 2.24) is 9.44 Å². The lowest BCUT2D eigenvalue weighted by atomic mass is 10.1. The van der Waals surface area contributed by atoms with Crippen LogP contribution in [0.2, 0.25) is 0 Å². The average molecular weight is 273 g/mol. The van der Waals surface area contributed by atoms with Crippen LogP contribution in [0.25, 0.3) is 0 Å². The molecule has 0 aromatic heterocycles. The van der Waals surface area contributed by atoms with Gasteiger partial charge in [-0.1, -0.05) is 18.2 Å². The summed E-state index contributed by atoms with van der Waals surface area (Å²) in [6.45, 7) is 1.61. The molecule has 0 aliphatic carbocycles. The van der Waals surface area contributed by atoms with Crippen LogP contribution >= 0.6 is 0 Å². The zero-order valence-corrected chi connectivity index (χ0v) is 10.8. The van der Waals surface area contributed by atoms with Gasteiger partial charge in [-0.15, -0.1) is 0 Å². The number of carbonyl (C=O) groups excluding carboxylic acids is 1. The summed E-state index contributed by atoms with van der Waals surface area (Å²) in [5.41, 5.74) is 6.80. The third kappa shape index (κ3) is 3.90. The van der Waals surface area contributed by atoms with E-state index in [4.69, 9.17) is 5.73 Å². The molecule has 7 nitrogen and oxygen atoms in total. The van der Waals surface area contributed by atoms with Gasteiger partial charge in [-0.05, 0) is 18.6 Å². The molecule has 8 heteroatoms. The van der Waals surface area contributed by atoms with Gasteiger partial charge in [-0.25, -0.2) is 9.52 Å². The first-order chi connectivity index (χ1) is 8.35. The van der Waals surface area contributed by atoms with E-state index in [2.05, 4.69) is 9.46 Å². The van der Waals surface area contributed by atoms with Gasteiger partial charge in [-0.3, -0.25) is 0 Å². The molecule has 0 fully saturated rings. The van der Waals surface area contributed by atoms with Crippen molar-refractivity contribution >= 4 is 22.0 Å². The largest absolute Gasteiger partial charge is 0.452 e. The Morgan fingerprint density at radius 2 is 2.00 bits per heavy atom. The van der Waals surface area contributed by atoms with Crippen LogP contribution in [-0.2, 0) is 14.9 Å². The summed E-state index contributed by atoms with van der Waals surface area (Å²) in [6.07, 6.45) is -1.06. The van der Waals surface area contributed by atoms with E-state index in [1.165, 1.54) is 0 Å². The zero-order valence-electron chi connectivity index (χ0n) is 10.0. The van der Waals surface area contributed by atoms with Crippen molar-refractivity contribution in [3.63, 3.8) is 0 Å². The smallest absolute Gasteiger partial charge is 0.421 e. The van der Waals surface area contributed by atoms with E-state index in [9.17, 15) is 13.2 Å². The fourth-order valence-electron chi connectivity index (χ4n) is 1.38. The summed E-state index contributed by atoms with van der Waals surface area (Å²) < 4.78 is 31.2. The van der Waals surface area contributed by atoms with Gasteiger partial charge in [0, 0.05) is 11.7 Å². The van der Waals surface area contributed by atoms with Crippen LogP contribution in [-0.4, -0.2) is 21.6 Å². The van der Waals surface area contributed by atoms with Crippen LogP contribution in [0.1, 0.15) is 18.5 Å². The number of amides is 1. The highest BCUT2D eigenvalue weighted by Gasteiger charge is 2.19. The minimum absolute atomic E-state index is 0.464. The second-order valence-electron chi connectivity index (χ2n) is 3.57. The third-order valence-corrected chi connectivity index (χ3v) is 3.30. The number of nitrogen functional groups attached to an aromatic ring is 1. The minimum atomic E-state index is -3.99. The normalized spacial score (nSPS) is 12.8. The molecule has 0 bridgehead atoms. The molecule has 0 aliphatic heterocycles. The van der Waals surface area contributed by atoms with Crippen LogP contribution in [0.15, 0.2) is 24.3 Å². The number of rotatable bonds is 4. The molecule has 0 aliphatic rings. The molecule has 1 unspecified atom stereocenters. The molecule has 4 N–H and O–H groups in total. The van der Waals surface area contributed by atoms with Crippen molar-refractivity contribution in [1.29, 1.82) is 0 Å².